The van der Waals surface area contributed by atoms with E-state index in [1.54, 1.807) is 0 Å². The Bertz CT molecular complexity index is 190. The second kappa shape index (κ2) is 6.45. The molecule has 0 atom stereocenters. The van der Waals surface area contributed by atoms with Gasteiger partial charge in [-0.2, -0.15) is 13.2 Å². The van der Waals surface area contributed by atoms with Crippen LogP contribution in [0, 0.1) is 5.92 Å². The number of rotatable bonds is 8. The molecular weight excluding hydrogens is 217 g/mol. The summed E-state index contributed by atoms with van der Waals surface area (Å²) in [5, 5.41) is 3.21. The highest BCUT2D eigenvalue weighted by Gasteiger charge is 2.30. The van der Waals surface area contributed by atoms with Crippen LogP contribution in [0.15, 0.2) is 0 Å². The van der Waals surface area contributed by atoms with Crippen LogP contribution in [0.1, 0.15) is 26.2 Å². The van der Waals surface area contributed by atoms with Gasteiger partial charge < -0.3 is 5.32 Å². The predicted molar refractivity (Wildman–Crippen MR) is 58.4 cm³/mol. The number of nitrogens with zero attached hydrogens (tertiary/aromatic N) is 1. The molecule has 0 heterocycles. The van der Waals surface area contributed by atoms with Crippen molar-refractivity contribution in [3.63, 3.8) is 0 Å². The quantitative estimate of drug-likeness (QED) is 0.652. The third kappa shape index (κ3) is 7.06. The van der Waals surface area contributed by atoms with Gasteiger partial charge in [0.15, 0.2) is 0 Å². The number of hydrogen-bond acceptors (Lipinski definition) is 2. The van der Waals surface area contributed by atoms with Crippen molar-refractivity contribution in [2.45, 2.75) is 32.4 Å². The molecule has 0 aromatic carbocycles. The Balaban J connectivity index is 2.10. The minimum atomic E-state index is -4.08. The fourth-order valence-corrected chi connectivity index (χ4v) is 1.71. The zero-order chi connectivity index (χ0) is 12.0. The van der Waals surface area contributed by atoms with Gasteiger partial charge in [-0.1, -0.05) is 6.92 Å². The lowest BCUT2D eigenvalue weighted by Crippen LogP contribution is -2.39. The Morgan fingerprint density at radius 1 is 1.25 bits per heavy atom. The highest BCUT2D eigenvalue weighted by molar-refractivity contribution is 4.75. The van der Waals surface area contributed by atoms with Crippen LogP contribution in [-0.4, -0.2) is 43.8 Å². The molecule has 0 aliphatic heterocycles. The van der Waals surface area contributed by atoms with Gasteiger partial charge in [0, 0.05) is 13.1 Å². The molecule has 0 spiro atoms. The molecule has 1 aliphatic rings. The molecular formula is C11H21F3N2. The van der Waals surface area contributed by atoms with Gasteiger partial charge in [-0.3, -0.25) is 4.90 Å². The average Bonchev–Trinajstić information content (AvgIpc) is 2.93. The molecule has 0 bridgehead atoms. The van der Waals surface area contributed by atoms with E-state index in [2.05, 4.69) is 5.32 Å². The summed E-state index contributed by atoms with van der Waals surface area (Å²) in [7, 11) is 0. The molecule has 0 aromatic heterocycles. The van der Waals surface area contributed by atoms with E-state index in [9.17, 15) is 13.2 Å². The zero-order valence-electron chi connectivity index (χ0n) is 9.82. The van der Waals surface area contributed by atoms with Crippen LogP contribution in [0.2, 0.25) is 0 Å². The van der Waals surface area contributed by atoms with Crippen LogP contribution >= 0.6 is 0 Å². The molecule has 5 heteroatoms. The monoisotopic (exact) mass is 238 g/mol. The zero-order valence-corrected chi connectivity index (χ0v) is 9.82. The van der Waals surface area contributed by atoms with Gasteiger partial charge in [0.05, 0.1) is 6.54 Å². The first-order chi connectivity index (χ1) is 7.51. The van der Waals surface area contributed by atoms with Crippen molar-refractivity contribution < 1.29 is 13.2 Å². The minimum Gasteiger partial charge on any atom is -0.315 e. The molecule has 0 amide bonds. The highest BCUT2D eigenvalue weighted by Crippen LogP contribution is 2.27. The summed E-state index contributed by atoms with van der Waals surface area (Å²) >= 11 is 0. The number of alkyl halides is 3. The van der Waals surface area contributed by atoms with Crippen LogP contribution in [0.25, 0.3) is 0 Å². The average molecular weight is 238 g/mol. The van der Waals surface area contributed by atoms with Gasteiger partial charge in [-0.15, -0.1) is 0 Å². The van der Waals surface area contributed by atoms with E-state index in [-0.39, 0.29) is 0 Å². The minimum absolute atomic E-state index is 0.486. The summed E-state index contributed by atoms with van der Waals surface area (Å²) in [5.74, 6) is 0.780. The number of nitrogens with one attached hydrogen (secondary N) is 1. The molecule has 0 aromatic rings. The van der Waals surface area contributed by atoms with Crippen LogP contribution in [-0.2, 0) is 0 Å². The van der Waals surface area contributed by atoms with Gasteiger partial charge in [0.1, 0.15) is 0 Å². The molecule has 1 N–H and O–H groups in total. The van der Waals surface area contributed by atoms with Crippen LogP contribution in [0.4, 0.5) is 13.2 Å². The van der Waals surface area contributed by atoms with Crippen molar-refractivity contribution >= 4 is 0 Å². The standard InChI is InChI=1S/C11H21F3N2/c1-2-6-16(9-11(12,13)14)7-5-15-8-10-3-4-10/h10,15H,2-9H2,1H3. The van der Waals surface area contributed by atoms with E-state index >= 15 is 0 Å². The second-order valence-corrected chi connectivity index (χ2v) is 4.54. The van der Waals surface area contributed by atoms with Crippen LogP contribution in [0.5, 0.6) is 0 Å². The maximum Gasteiger partial charge on any atom is 0.401 e. The van der Waals surface area contributed by atoms with Crippen molar-refractivity contribution in [2.75, 3.05) is 32.7 Å². The normalized spacial score (nSPS) is 17.1. The topological polar surface area (TPSA) is 15.3 Å². The van der Waals surface area contributed by atoms with Gasteiger partial charge in [0.25, 0.3) is 0 Å². The molecule has 0 saturated heterocycles. The predicted octanol–water partition coefficient (Wildman–Crippen LogP) is 2.26. The largest absolute Gasteiger partial charge is 0.401 e. The van der Waals surface area contributed by atoms with Crippen LogP contribution < -0.4 is 5.32 Å². The fourth-order valence-electron chi connectivity index (χ4n) is 1.71. The van der Waals surface area contributed by atoms with Crippen molar-refractivity contribution in [3.05, 3.63) is 0 Å². The first-order valence-electron chi connectivity index (χ1n) is 6.01. The number of hydrogen-bond donors (Lipinski definition) is 1. The van der Waals surface area contributed by atoms with Crippen LogP contribution in [0.3, 0.4) is 0 Å². The van der Waals surface area contributed by atoms with E-state index in [0.717, 1.165) is 18.9 Å². The van der Waals surface area contributed by atoms with Gasteiger partial charge in [0.2, 0.25) is 0 Å². The summed E-state index contributed by atoms with van der Waals surface area (Å²) in [4.78, 5) is 1.47. The molecule has 2 nitrogen and oxygen atoms in total. The lowest BCUT2D eigenvalue weighted by Gasteiger charge is -2.23. The Morgan fingerprint density at radius 2 is 1.94 bits per heavy atom. The Hall–Kier alpha value is -0.290. The summed E-state index contributed by atoms with van der Waals surface area (Å²) in [6, 6.07) is 0. The van der Waals surface area contributed by atoms with E-state index < -0.39 is 12.7 Å². The molecule has 96 valence electrons. The Labute approximate surface area is 95.2 Å². The molecule has 1 rings (SSSR count). The van der Waals surface area contributed by atoms with Crippen molar-refractivity contribution in [3.8, 4) is 0 Å². The van der Waals surface area contributed by atoms with E-state index in [1.165, 1.54) is 17.7 Å². The molecule has 1 saturated carbocycles. The smallest absolute Gasteiger partial charge is 0.315 e. The van der Waals surface area contributed by atoms with Gasteiger partial charge in [-0.25, -0.2) is 0 Å². The maximum atomic E-state index is 12.2. The summed E-state index contributed by atoms with van der Waals surface area (Å²) < 4.78 is 36.6. The maximum absolute atomic E-state index is 12.2. The molecule has 1 aliphatic carbocycles. The Morgan fingerprint density at radius 3 is 2.44 bits per heavy atom. The lowest BCUT2D eigenvalue weighted by molar-refractivity contribution is -0.145. The molecule has 0 unspecified atom stereocenters. The fraction of sp³-hybridized carbons (Fsp3) is 1.00. The summed E-state index contributed by atoms with van der Waals surface area (Å²) in [5.41, 5.74) is 0. The third-order valence-electron chi connectivity index (χ3n) is 2.68. The first kappa shape index (κ1) is 13.8. The molecule has 0 radical (unpaired) electrons. The van der Waals surface area contributed by atoms with Crippen molar-refractivity contribution in [1.29, 1.82) is 0 Å². The van der Waals surface area contributed by atoms with E-state index in [4.69, 9.17) is 0 Å². The Kier molecular flexibility index (Phi) is 5.55. The van der Waals surface area contributed by atoms with Gasteiger partial charge >= 0.3 is 6.18 Å². The van der Waals surface area contributed by atoms with Gasteiger partial charge in [-0.05, 0) is 38.3 Å². The second-order valence-electron chi connectivity index (χ2n) is 4.54. The third-order valence-corrected chi connectivity index (χ3v) is 2.68. The van der Waals surface area contributed by atoms with E-state index in [0.29, 0.717) is 19.6 Å². The highest BCUT2D eigenvalue weighted by atomic mass is 19.4. The van der Waals surface area contributed by atoms with Crippen molar-refractivity contribution in [1.82, 2.24) is 10.2 Å². The van der Waals surface area contributed by atoms with E-state index in [1.807, 2.05) is 6.92 Å². The number of halogens is 3. The first-order valence-corrected chi connectivity index (χ1v) is 6.01. The summed E-state index contributed by atoms with van der Waals surface area (Å²) in [6.07, 6.45) is -0.771. The molecule has 1 fully saturated rings. The lowest BCUT2D eigenvalue weighted by atomic mass is 10.3. The van der Waals surface area contributed by atoms with Crippen molar-refractivity contribution in [2.24, 2.45) is 5.92 Å². The SMILES string of the molecule is CCCN(CCNCC1CC1)CC(F)(F)F. The summed E-state index contributed by atoms with van der Waals surface area (Å²) in [6.45, 7) is 3.75. The molecule has 16 heavy (non-hydrogen) atoms.